The molecule has 3 heteroatoms. The third kappa shape index (κ3) is 2.22. The van der Waals surface area contributed by atoms with Crippen molar-refractivity contribution in [2.24, 2.45) is 0 Å². The third-order valence-electron chi connectivity index (χ3n) is 1.58. The fourth-order valence-electron chi connectivity index (χ4n) is 1.08. The minimum atomic E-state index is -0.401. The Labute approximate surface area is 85.0 Å². The molecule has 0 unspecified atom stereocenters. The Morgan fingerprint density at radius 1 is 1.62 bits per heavy atom. The van der Waals surface area contributed by atoms with E-state index in [9.17, 15) is 4.39 Å². The summed E-state index contributed by atoms with van der Waals surface area (Å²) in [6.07, 6.45) is 5.50. The van der Waals surface area contributed by atoms with Crippen LogP contribution in [-0.2, 0) is 6.42 Å². The van der Waals surface area contributed by atoms with Gasteiger partial charge in [0.2, 0.25) is 0 Å². The van der Waals surface area contributed by atoms with E-state index in [4.69, 9.17) is 11.2 Å². The van der Waals surface area contributed by atoms with Gasteiger partial charge in [0.05, 0.1) is 7.11 Å². The van der Waals surface area contributed by atoms with Gasteiger partial charge in [-0.1, -0.05) is 15.9 Å². The molecule has 0 fully saturated rings. The number of terminal acetylenes is 1. The Hall–Kier alpha value is -1.01. The lowest BCUT2D eigenvalue weighted by Crippen LogP contribution is -1.94. The molecule has 0 heterocycles. The van der Waals surface area contributed by atoms with Crippen LogP contribution in [0.15, 0.2) is 16.6 Å². The van der Waals surface area contributed by atoms with Crippen LogP contribution in [0.25, 0.3) is 0 Å². The molecule has 68 valence electrons. The van der Waals surface area contributed by atoms with Crippen molar-refractivity contribution in [3.05, 3.63) is 28.0 Å². The standard InChI is InChI=1S/C10H8BrFO/c1-3-4-7-5-8(11)6-9(12)10(7)13-2/h1,5-6H,4H2,2H3. The highest BCUT2D eigenvalue weighted by Crippen LogP contribution is 2.27. The third-order valence-corrected chi connectivity index (χ3v) is 2.04. The number of rotatable bonds is 2. The van der Waals surface area contributed by atoms with E-state index in [0.717, 1.165) is 0 Å². The first-order chi connectivity index (χ1) is 6.19. The number of hydrogen-bond acceptors (Lipinski definition) is 1. The van der Waals surface area contributed by atoms with Crippen molar-refractivity contribution < 1.29 is 9.13 Å². The van der Waals surface area contributed by atoms with E-state index in [-0.39, 0.29) is 5.75 Å². The molecule has 0 N–H and O–H groups in total. The Balaban J connectivity index is 3.23. The largest absolute Gasteiger partial charge is 0.493 e. The van der Waals surface area contributed by atoms with E-state index in [2.05, 4.69) is 21.9 Å². The highest BCUT2D eigenvalue weighted by Gasteiger charge is 2.09. The first-order valence-corrected chi connectivity index (χ1v) is 4.43. The van der Waals surface area contributed by atoms with Crippen LogP contribution in [0.2, 0.25) is 0 Å². The molecule has 0 aliphatic heterocycles. The second-order valence-corrected chi connectivity index (χ2v) is 3.38. The van der Waals surface area contributed by atoms with Crippen LogP contribution in [0.4, 0.5) is 4.39 Å². The van der Waals surface area contributed by atoms with Crippen LogP contribution in [0.3, 0.4) is 0 Å². The van der Waals surface area contributed by atoms with E-state index in [0.29, 0.717) is 16.5 Å². The lowest BCUT2D eigenvalue weighted by molar-refractivity contribution is 0.382. The van der Waals surface area contributed by atoms with Crippen LogP contribution < -0.4 is 4.74 Å². The summed E-state index contributed by atoms with van der Waals surface area (Å²) in [7, 11) is 1.42. The summed E-state index contributed by atoms with van der Waals surface area (Å²) in [6.45, 7) is 0. The van der Waals surface area contributed by atoms with Crippen LogP contribution in [-0.4, -0.2) is 7.11 Å². The fourth-order valence-corrected chi connectivity index (χ4v) is 1.56. The molecule has 0 saturated carbocycles. The van der Waals surface area contributed by atoms with Gasteiger partial charge in [-0.2, -0.15) is 0 Å². The van der Waals surface area contributed by atoms with Gasteiger partial charge in [0.15, 0.2) is 11.6 Å². The maximum absolute atomic E-state index is 13.2. The van der Waals surface area contributed by atoms with Gasteiger partial charge in [0.25, 0.3) is 0 Å². The predicted molar refractivity (Wildman–Crippen MR) is 53.2 cm³/mol. The van der Waals surface area contributed by atoms with Gasteiger partial charge in [-0.25, -0.2) is 4.39 Å². The number of hydrogen-bond donors (Lipinski definition) is 0. The van der Waals surface area contributed by atoms with E-state index in [1.165, 1.54) is 13.2 Å². The van der Waals surface area contributed by atoms with Crippen LogP contribution in [0.1, 0.15) is 5.56 Å². The van der Waals surface area contributed by atoms with Gasteiger partial charge in [0, 0.05) is 16.5 Å². The second kappa shape index (κ2) is 4.29. The average molecular weight is 243 g/mol. The zero-order valence-corrected chi connectivity index (χ0v) is 8.69. The predicted octanol–water partition coefficient (Wildman–Crippen LogP) is 2.77. The van der Waals surface area contributed by atoms with Crippen LogP contribution >= 0.6 is 15.9 Å². The smallest absolute Gasteiger partial charge is 0.166 e. The summed E-state index contributed by atoms with van der Waals surface area (Å²) in [4.78, 5) is 0. The van der Waals surface area contributed by atoms with Crippen LogP contribution in [0, 0.1) is 18.2 Å². The van der Waals surface area contributed by atoms with Gasteiger partial charge < -0.3 is 4.74 Å². The Morgan fingerprint density at radius 3 is 2.85 bits per heavy atom. The second-order valence-electron chi connectivity index (χ2n) is 2.46. The minimum Gasteiger partial charge on any atom is -0.493 e. The monoisotopic (exact) mass is 242 g/mol. The molecule has 0 aromatic heterocycles. The summed E-state index contributed by atoms with van der Waals surface area (Å²) >= 11 is 3.18. The minimum absolute atomic E-state index is 0.223. The first-order valence-electron chi connectivity index (χ1n) is 3.64. The van der Waals surface area contributed by atoms with Crippen molar-refractivity contribution >= 4 is 15.9 Å². The Morgan fingerprint density at radius 2 is 2.31 bits per heavy atom. The number of benzene rings is 1. The van der Waals surface area contributed by atoms with Gasteiger partial charge in [-0.15, -0.1) is 12.3 Å². The number of methoxy groups -OCH3 is 1. The molecule has 0 spiro atoms. The number of ether oxygens (including phenoxy) is 1. The van der Waals surface area contributed by atoms with Gasteiger partial charge in [-0.3, -0.25) is 0 Å². The molecule has 0 saturated heterocycles. The van der Waals surface area contributed by atoms with Gasteiger partial charge in [0.1, 0.15) is 0 Å². The quantitative estimate of drug-likeness (QED) is 0.725. The van der Waals surface area contributed by atoms with Crippen molar-refractivity contribution in [2.75, 3.05) is 7.11 Å². The molecule has 0 radical (unpaired) electrons. The maximum atomic E-state index is 13.2. The molecule has 13 heavy (non-hydrogen) atoms. The van der Waals surface area contributed by atoms with Crippen molar-refractivity contribution in [3.63, 3.8) is 0 Å². The maximum Gasteiger partial charge on any atom is 0.166 e. The molecule has 0 amide bonds. The molecule has 1 rings (SSSR count). The summed E-state index contributed by atoms with van der Waals surface area (Å²) < 4.78 is 18.8. The highest BCUT2D eigenvalue weighted by molar-refractivity contribution is 9.10. The van der Waals surface area contributed by atoms with Gasteiger partial charge in [-0.05, 0) is 12.1 Å². The van der Waals surface area contributed by atoms with Crippen molar-refractivity contribution in [1.29, 1.82) is 0 Å². The SMILES string of the molecule is C#CCc1cc(Br)cc(F)c1OC. The normalized spacial score (nSPS) is 9.38. The molecule has 0 bridgehead atoms. The molecule has 0 aliphatic rings. The van der Waals surface area contributed by atoms with Crippen LogP contribution in [0.5, 0.6) is 5.75 Å². The molecule has 1 aromatic rings. The summed E-state index contributed by atoms with van der Waals surface area (Å²) in [5.41, 5.74) is 0.678. The lowest BCUT2D eigenvalue weighted by atomic mass is 10.1. The zero-order chi connectivity index (χ0) is 9.84. The Kier molecular flexibility index (Phi) is 3.32. The Bertz CT molecular complexity index is 355. The molecule has 0 aliphatic carbocycles. The van der Waals surface area contributed by atoms with E-state index < -0.39 is 5.82 Å². The van der Waals surface area contributed by atoms with Crippen molar-refractivity contribution in [2.45, 2.75) is 6.42 Å². The average Bonchev–Trinajstić information content (AvgIpc) is 2.04. The molecular formula is C10H8BrFO. The number of halogens is 2. The molecule has 0 atom stereocenters. The lowest BCUT2D eigenvalue weighted by Gasteiger charge is -2.07. The molecule has 1 nitrogen and oxygen atoms in total. The highest BCUT2D eigenvalue weighted by atomic mass is 79.9. The van der Waals surface area contributed by atoms with Crippen molar-refractivity contribution in [1.82, 2.24) is 0 Å². The van der Waals surface area contributed by atoms with Gasteiger partial charge >= 0.3 is 0 Å². The summed E-state index contributed by atoms with van der Waals surface area (Å²) in [6, 6.07) is 3.10. The van der Waals surface area contributed by atoms with E-state index in [1.54, 1.807) is 6.07 Å². The fraction of sp³-hybridized carbons (Fsp3) is 0.200. The van der Waals surface area contributed by atoms with E-state index >= 15 is 0 Å². The molecule has 1 aromatic carbocycles. The molecular weight excluding hydrogens is 235 g/mol. The van der Waals surface area contributed by atoms with E-state index in [1.807, 2.05) is 0 Å². The topological polar surface area (TPSA) is 9.23 Å². The zero-order valence-electron chi connectivity index (χ0n) is 7.10. The first kappa shape index (κ1) is 10.1. The summed E-state index contributed by atoms with van der Waals surface area (Å²) in [5.74, 6) is 2.27. The summed E-state index contributed by atoms with van der Waals surface area (Å²) in [5, 5.41) is 0. The van der Waals surface area contributed by atoms with Crippen molar-refractivity contribution in [3.8, 4) is 18.1 Å².